The van der Waals surface area contributed by atoms with Gasteiger partial charge in [0.15, 0.2) is 5.75 Å². The third kappa shape index (κ3) is 3.48. The van der Waals surface area contributed by atoms with Gasteiger partial charge >= 0.3 is 0 Å². The van der Waals surface area contributed by atoms with Crippen molar-refractivity contribution < 1.29 is 4.74 Å². The zero-order valence-electron chi connectivity index (χ0n) is 10.6. The number of nitrogens with two attached hydrogens (primary N) is 1. The van der Waals surface area contributed by atoms with Crippen LogP contribution in [0.3, 0.4) is 0 Å². The quantitative estimate of drug-likeness (QED) is 0.520. The lowest BCUT2D eigenvalue weighted by Crippen LogP contribution is -2.12. The normalized spacial score (nSPS) is 11.4. The van der Waals surface area contributed by atoms with E-state index in [0.717, 1.165) is 11.3 Å². The average molecular weight is 275 g/mol. The molecule has 3 nitrogen and oxygen atoms in total. The highest BCUT2D eigenvalue weighted by Gasteiger charge is 2.08. The van der Waals surface area contributed by atoms with Gasteiger partial charge in [-0.3, -0.25) is 0 Å². The highest BCUT2D eigenvalue weighted by molar-refractivity contribution is 6.28. The van der Waals surface area contributed by atoms with Crippen LogP contribution < -0.4 is 10.5 Å². The summed E-state index contributed by atoms with van der Waals surface area (Å²) in [5.74, 6) is 2.02. The Bertz CT molecular complexity index is 582. The molecule has 2 aromatic carbocycles. The molecule has 0 amide bonds. The van der Waals surface area contributed by atoms with Crippen LogP contribution in [-0.2, 0) is 0 Å². The van der Waals surface area contributed by atoms with Gasteiger partial charge in [0.2, 0.25) is 0 Å². The predicted molar refractivity (Wildman–Crippen MR) is 79.7 cm³/mol. The fraction of sp³-hybridized carbons (Fsp3) is 0.133. The predicted octanol–water partition coefficient (Wildman–Crippen LogP) is 4.01. The highest BCUT2D eigenvalue weighted by atomic mass is 35.5. The maximum absolute atomic E-state index is 5.88. The van der Waals surface area contributed by atoms with Gasteiger partial charge in [-0.15, -0.1) is 11.6 Å². The molecule has 0 atom stereocenters. The molecule has 0 aliphatic carbocycles. The van der Waals surface area contributed by atoms with Crippen molar-refractivity contribution in [1.29, 1.82) is 0 Å². The maximum atomic E-state index is 5.88. The average Bonchev–Trinajstić information content (AvgIpc) is 2.43. The van der Waals surface area contributed by atoms with E-state index in [1.807, 2.05) is 55.5 Å². The van der Waals surface area contributed by atoms with E-state index in [0.29, 0.717) is 17.3 Å². The number of aliphatic imine (C=N–C) groups is 1. The van der Waals surface area contributed by atoms with Gasteiger partial charge in [0.25, 0.3) is 0 Å². The molecule has 2 rings (SSSR count). The smallest absolute Gasteiger partial charge is 0.155 e. The first-order valence-electron chi connectivity index (χ1n) is 5.92. The van der Waals surface area contributed by atoms with E-state index in [2.05, 4.69) is 4.99 Å². The Morgan fingerprint density at radius 1 is 1.16 bits per heavy atom. The van der Waals surface area contributed by atoms with Gasteiger partial charge in [-0.1, -0.05) is 30.3 Å². The minimum absolute atomic E-state index is 0.193. The lowest BCUT2D eigenvalue weighted by atomic mass is 10.2. The van der Waals surface area contributed by atoms with Crippen molar-refractivity contribution in [1.82, 2.24) is 0 Å². The molecule has 0 spiro atoms. The van der Waals surface area contributed by atoms with Crippen molar-refractivity contribution in [3.8, 4) is 11.5 Å². The Kier molecular flexibility index (Phi) is 4.42. The van der Waals surface area contributed by atoms with Crippen LogP contribution in [0.2, 0.25) is 0 Å². The minimum Gasteiger partial charge on any atom is -0.455 e. The summed E-state index contributed by atoms with van der Waals surface area (Å²) in [6.45, 7) is 1.97. The van der Waals surface area contributed by atoms with E-state index >= 15 is 0 Å². The van der Waals surface area contributed by atoms with Crippen molar-refractivity contribution in [2.24, 2.45) is 10.7 Å². The Morgan fingerprint density at radius 2 is 1.89 bits per heavy atom. The second-order valence-corrected chi connectivity index (χ2v) is 4.34. The number of alkyl halides is 1. The molecule has 2 aromatic rings. The summed E-state index contributed by atoms with van der Waals surface area (Å²) >= 11 is 5.66. The summed E-state index contributed by atoms with van der Waals surface area (Å²) in [5.41, 5.74) is 7.36. The number of aryl methyl sites for hydroxylation is 1. The van der Waals surface area contributed by atoms with Crippen LogP contribution in [0.1, 0.15) is 5.56 Å². The molecule has 0 bridgehead atoms. The van der Waals surface area contributed by atoms with Gasteiger partial charge in [0, 0.05) is 0 Å². The molecular weight excluding hydrogens is 260 g/mol. The highest BCUT2D eigenvalue weighted by Crippen LogP contribution is 2.34. The van der Waals surface area contributed by atoms with Crippen molar-refractivity contribution >= 4 is 23.1 Å². The number of nitrogens with zero attached hydrogens (tertiary/aromatic N) is 1. The minimum atomic E-state index is 0.193. The number of para-hydroxylation sites is 2. The van der Waals surface area contributed by atoms with Crippen LogP contribution in [0.25, 0.3) is 0 Å². The van der Waals surface area contributed by atoms with Crippen LogP contribution in [-0.4, -0.2) is 11.7 Å². The maximum Gasteiger partial charge on any atom is 0.155 e. The summed E-state index contributed by atoms with van der Waals surface area (Å²) < 4.78 is 5.88. The zero-order valence-corrected chi connectivity index (χ0v) is 11.4. The number of halogens is 1. The number of rotatable bonds is 4. The molecular formula is C15H15ClN2O. The lowest BCUT2D eigenvalue weighted by Gasteiger charge is -2.11. The van der Waals surface area contributed by atoms with E-state index in [9.17, 15) is 0 Å². The summed E-state index contributed by atoms with van der Waals surface area (Å²) in [4.78, 5) is 4.27. The first kappa shape index (κ1) is 13.4. The zero-order chi connectivity index (χ0) is 13.7. The topological polar surface area (TPSA) is 47.6 Å². The number of benzene rings is 2. The molecule has 0 heterocycles. The molecule has 98 valence electrons. The molecule has 4 heteroatoms. The monoisotopic (exact) mass is 274 g/mol. The molecule has 0 aliphatic rings. The summed E-state index contributed by atoms with van der Waals surface area (Å²) in [7, 11) is 0. The Labute approximate surface area is 117 Å². The second kappa shape index (κ2) is 6.25. The third-order valence-corrected chi connectivity index (χ3v) is 2.83. The standard InChI is InChI=1S/C15H15ClN2O/c1-11-6-5-9-13(18-14(17)10-16)15(11)19-12-7-3-2-4-8-12/h2-9H,10H2,1H3,(H2,17,18). The fourth-order valence-electron chi connectivity index (χ4n) is 1.65. The number of amidine groups is 1. The van der Waals surface area contributed by atoms with Crippen LogP contribution in [0.5, 0.6) is 11.5 Å². The van der Waals surface area contributed by atoms with Gasteiger partial charge in [-0.05, 0) is 30.7 Å². The van der Waals surface area contributed by atoms with E-state index in [-0.39, 0.29) is 5.88 Å². The summed E-state index contributed by atoms with van der Waals surface area (Å²) in [6, 6.07) is 15.3. The second-order valence-electron chi connectivity index (χ2n) is 4.08. The summed E-state index contributed by atoms with van der Waals surface area (Å²) in [5, 5.41) is 0. The van der Waals surface area contributed by atoms with Crippen LogP contribution in [0, 0.1) is 6.92 Å². The first-order valence-corrected chi connectivity index (χ1v) is 6.45. The molecule has 0 aliphatic heterocycles. The SMILES string of the molecule is Cc1cccc(N=C(N)CCl)c1Oc1ccccc1. The molecule has 19 heavy (non-hydrogen) atoms. The fourth-order valence-corrected chi connectivity index (χ4v) is 1.71. The molecule has 2 N–H and O–H groups in total. The third-order valence-electron chi connectivity index (χ3n) is 2.56. The molecule has 0 radical (unpaired) electrons. The van der Waals surface area contributed by atoms with Crippen molar-refractivity contribution in [3.05, 3.63) is 54.1 Å². The van der Waals surface area contributed by atoms with Crippen molar-refractivity contribution in [2.75, 3.05) is 5.88 Å². The van der Waals surface area contributed by atoms with Crippen LogP contribution in [0.4, 0.5) is 5.69 Å². The Balaban J connectivity index is 2.39. The van der Waals surface area contributed by atoms with Gasteiger partial charge in [0.1, 0.15) is 17.3 Å². The van der Waals surface area contributed by atoms with E-state index in [1.54, 1.807) is 0 Å². The Morgan fingerprint density at radius 3 is 2.58 bits per heavy atom. The van der Waals surface area contributed by atoms with Gasteiger partial charge in [0.05, 0.1) is 5.88 Å². The molecule has 0 aromatic heterocycles. The lowest BCUT2D eigenvalue weighted by molar-refractivity contribution is 0.480. The molecule has 0 saturated heterocycles. The van der Waals surface area contributed by atoms with Crippen molar-refractivity contribution in [3.63, 3.8) is 0 Å². The molecule has 0 unspecified atom stereocenters. The first-order chi connectivity index (χ1) is 9.20. The largest absolute Gasteiger partial charge is 0.455 e. The number of hydrogen-bond acceptors (Lipinski definition) is 2. The van der Waals surface area contributed by atoms with Gasteiger partial charge in [-0.25, -0.2) is 4.99 Å². The van der Waals surface area contributed by atoms with Crippen molar-refractivity contribution in [2.45, 2.75) is 6.92 Å². The van der Waals surface area contributed by atoms with E-state index < -0.39 is 0 Å². The van der Waals surface area contributed by atoms with Gasteiger partial charge in [-0.2, -0.15) is 0 Å². The van der Waals surface area contributed by atoms with Gasteiger partial charge < -0.3 is 10.5 Å². The Hall–Kier alpha value is -2.00. The van der Waals surface area contributed by atoms with E-state index in [4.69, 9.17) is 22.1 Å². The molecule has 0 saturated carbocycles. The number of ether oxygens (including phenoxy) is 1. The summed E-state index contributed by atoms with van der Waals surface area (Å²) in [6.07, 6.45) is 0. The number of hydrogen-bond donors (Lipinski definition) is 1. The van der Waals surface area contributed by atoms with E-state index in [1.165, 1.54) is 0 Å². The molecule has 0 fully saturated rings. The van der Waals surface area contributed by atoms with Crippen LogP contribution in [0.15, 0.2) is 53.5 Å². The van der Waals surface area contributed by atoms with Crippen LogP contribution >= 0.6 is 11.6 Å².